The number of benzene rings is 2. The molecule has 0 spiro atoms. The number of nitrogens with zero attached hydrogens (tertiary/aromatic N) is 1. The quantitative estimate of drug-likeness (QED) is 0.760. The minimum absolute atomic E-state index is 0.0819. The highest BCUT2D eigenvalue weighted by Crippen LogP contribution is 2.35. The standard InChI is InChI=1S/C22H23FN2O4/c23-17-5-1-3-15(11-17)4-2-8-24-22(27)16-12-21(26)25(14-16)18-6-7-19-20(13-18)29-10-9-28-19/h1,3,5-7,11,13,16H,2,4,8-10,12,14H2,(H,24,27). The van der Waals surface area contributed by atoms with Gasteiger partial charge in [-0.25, -0.2) is 4.39 Å². The van der Waals surface area contributed by atoms with Gasteiger partial charge in [0, 0.05) is 31.3 Å². The van der Waals surface area contributed by atoms with Crippen molar-refractivity contribution in [2.75, 3.05) is 31.2 Å². The van der Waals surface area contributed by atoms with Crippen molar-refractivity contribution < 1.29 is 23.5 Å². The number of carbonyl (C=O) groups excluding carboxylic acids is 2. The molecule has 4 rings (SSSR count). The van der Waals surface area contributed by atoms with Crippen LogP contribution in [0.5, 0.6) is 11.5 Å². The van der Waals surface area contributed by atoms with Gasteiger partial charge in [-0.3, -0.25) is 9.59 Å². The van der Waals surface area contributed by atoms with Crippen molar-refractivity contribution in [3.8, 4) is 11.5 Å². The molecule has 0 radical (unpaired) electrons. The molecule has 29 heavy (non-hydrogen) atoms. The van der Waals surface area contributed by atoms with Gasteiger partial charge in [0.15, 0.2) is 11.5 Å². The number of carbonyl (C=O) groups is 2. The van der Waals surface area contributed by atoms with Crippen LogP contribution in [-0.2, 0) is 16.0 Å². The van der Waals surface area contributed by atoms with E-state index in [1.54, 1.807) is 23.1 Å². The Labute approximate surface area is 168 Å². The maximum Gasteiger partial charge on any atom is 0.227 e. The average Bonchev–Trinajstić information content (AvgIpc) is 3.12. The fourth-order valence-electron chi connectivity index (χ4n) is 3.67. The minimum Gasteiger partial charge on any atom is -0.486 e. The molecule has 1 unspecified atom stereocenters. The van der Waals surface area contributed by atoms with Crippen LogP contribution in [0.15, 0.2) is 42.5 Å². The average molecular weight is 398 g/mol. The van der Waals surface area contributed by atoms with Crippen LogP contribution < -0.4 is 19.7 Å². The van der Waals surface area contributed by atoms with Crippen LogP contribution in [0.25, 0.3) is 0 Å². The number of fused-ring (bicyclic) bond motifs is 1. The monoisotopic (exact) mass is 398 g/mol. The highest BCUT2D eigenvalue weighted by atomic mass is 19.1. The van der Waals surface area contributed by atoms with Gasteiger partial charge in [0.25, 0.3) is 0 Å². The summed E-state index contributed by atoms with van der Waals surface area (Å²) in [6, 6.07) is 11.8. The van der Waals surface area contributed by atoms with E-state index in [-0.39, 0.29) is 30.0 Å². The van der Waals surface area contributed by atoms with Crippen molar-refractivity contribution in [3.05, 3.63) is 53.8 Å². The lowest BCUT2D eigenvalue weighted by Gasteiger charge is -2.22. The Morgan fingerprint density at radius 1 is 1.14 bits per heavy atom. The molecular weight excluding hydrogens is 375 g/mol. The van der Waals surface area contributed by atoms with Crippen molar-refractivity contribution in [2.45, 2.75) is 19.3 Å². The molecule has 2 heterocycles. The number of rotatable bonds is 6. The van der Waals surface area contributed by atoms with E-state index in [9.17, 15) is 14.0 Å². The van der Waals surface area contributed by atoms with E-state index >= 15 is 0 Å². The van der Waals surface area contributed by atoms with Gasteiger partial charge < -0.3 is 19.7 Å². The zero-order valence-electron chi connectivity index (χ0n) is 16.0. The second kappa shape index (κ2) is 8.51. The van der Waals surface area contributed by atoms with Gasteiger partial charge in [0.1, 0.15) is 19.0 Å². The van der Waals surface area contributed by atoms with Gasteiger partial charge >= 0.3 is 0 Å². The molecule has 7 heteroatoms. The van der Waals surface area contributed by atoms with Crippen molar-refractivity contribution in [1.82, 2.24) is 5.32 Å². The Bertz CT molecular complexity index is 917. The summed E-state index contributed by atoms with van der Waals surface area (Å²) in [5.74, 6) is 0.436. The molecule has 152 valence electrons. The first-order valence-electron chi connectivity index (χ1n) is 9.82. The van der Waals surface area contributed by atoms with E-state index in [2.05, 4.69) is 5.32 Å². The first-order valence-corrected chi connectivity index (χ1v) is 9.82. The summed E-state index contributed by atoms with van der Waals surface area (Å²) in [5, 5.41) is 2.90. The first-order chi connectivity index (χ1) is 14.1. The topological polar surface area (TPSA) is 67.9 Å². The SMILES string of the molecule is O=C(NCCCc1cccc(F)c1)C1CC(=O)N(c2ccc3c(c2)OCCO3)C1. The molecule has 1 fully saturated rings. The minimum atomic E-state index is -0.384. The van der Waals surface area contributed by atoms with Crippen LogP contribution in [0.2, 0.25) is 0 Å². The number of nitrogens with one attached hydrogen (secondary N) is 1. The van der Waals surface area contributed by atoms with E-state index in [0.29, 0.717) is 56.3 Å². The normalized spacial score (nSPS) is 18.0. The number of aryl methyl sites for hydroxylation is 1. The molecule has 1 atom stereocenters. The Kier molecular flexibility index (Phi) is 5.64. The summed E-state index contributed by atoms with van der Waals surface area (Å²) < 4.78 is 24.3. The molecule has 0 bridgehead atoms. The summed E-state index contributed by atoms with van der Waals surface area (Å²) in [7, 11) is 0. The number of ether oxygens (including phenoxy) is 2. The molecule has 2 aliphatic rings. The van der Waals surface area contributed by atoms with Gasteiger partial charge in [0.05, 0.1) is 5.92 Å². The maximum atomic E-state index is 13.2. The predicted molar refractivity (Wildman–Crippen MR) is 106 cm³/mol. The van der Waals surface area contributed by atoms with Crippen LogP contribution >= 0.6 is 0 Å². The molecular formula is C22H23FN2O4. The predicted octanol–water partition coefficient (Wildman–Crippen LogP) is 2.70. The number of hydrogen-bond acceptors (Lipinski definition) is 4. The third-order valence-corrected chi connectivity index (χ3v) is 5.16. The van der Waals surface area contributed by atoms with Gasteiger partial charge in [-0.05, 0) is 42.7 Å². The summed E-state index contributed by atoms with van der Waals surface area (Å²) in [6.45, 7) is 1.82. The van der Waals surface area contributed by atoms with Crippen molar-refractivity contribution in [1.29, 1.82) is 0 Å². The van der Waals surface area contributed by atoms with Gasteiger partial charge in [0.2, 0.25) is 11.8 Å². The molecule has 2 aromatic carbocycles. The number of halogens is 1. The highest BCUT2D eigenvalue weighted by molar-refractivity contribution is 6.00. The van der Waals surface area contributed by atoms with Crippen LogP contribution in [0.4, 0.5) is 10.1 Å². The third-order valence-electron chi connectivity index (χ3n) is 5.16. The molecule has 0 aromatic heterocycles. The molecule has 1 saturated heterocycles. The third kappa shape index (κ3) is 4.50. The van der Waals surface area contributed by atoms with Crippen molar-refractivity contribution in [2.24, 2.45) is 5.92 Å². The maximum absolute atomic E-state index is 13.2. The molecule has 2 aliphatic heterocycles. The Morgan fingerprint density at radius 3 is 2.79 bits per heavy atom. The molecule has 2 amide bonds. The Hall–Kier alpha value is -3.09. The number of amides is 2. The van der Waals surface area contributed by atoms with E-state index in [1.165, 1.54) is 12.1 Å². The second-order valence-corrected chi connectivity index (χ2v) is 7.26. The van der Waals surface area contributed by atoms with Crippen LogP contribution in [0, 0.1) is 11.7 Å². The van der Waals surface area contributed by atoms with Crippen molar-refractivity contribution in [3.63, 3.8) is 0 Å². The molecule has 0 saturated carbocycles. The first kappa shape index (κ1) is 19.2. The second-order valence-electron chi connectivity index (χ2n) is 7.26. The summed E-state index contributed by atoms with van der Waals surface area (Å²) in [5.41, 5.74) is 1.61. The lowest BCUT2D eigenvalue weighted by molar-refractivity contribution is -0.126. The Morgan fingerprint density at radius 2 is 1.97 bits per heavy atom. The van der Waals surface area contributed by atoms with Crippen LogP contribution in [-0.4, -0.2) is 38.1 Å². The molecule has 6 nitrogen and oxygen atoms in total. The lowest BCUT2D eigenvalue weighted by atomic mass is 10.1. The fraction of sp³-hybridized carbons (Fsp3) is 0.364. The molecule has 1 N–H and O–H groups in total. The fourth-order valence-corrected chi connectivity index (χ4v) is 3.67. The smallest absolute Gasteiger partial charge is 0.227 e. The number of hydrogen-bond donors (Lipinski definition) is 1. The van der Waals surface area contributed by atoms with E-state index < -0.39 is 0 Å². The van der Waals surface area contributed by atoms with Crippen LogP contribution in [0.1, 0.15) is 18.4 Å². The lowest BCUT2D eigenvalue weighted by Crippen LogP contribution is -2.33. The summed E-state index contributed by atoms with van der Waals surface area (Å²) >= 11 is 0. The zero-order valence-corrected chi connectivity index (χ0v) is 16.0. The Balaban J connectivity index is 1.29. The van der Waals surface area contributed by atoms with Gasteiger partial charge in [-0.1, -0.05) is 12.1 Å². The number of anilines is 1. The van der Waals surface area contributed by atoms with E-state index in [0.717, 1.165) is 5.56 Å². The summed E-state index contributed by atoms with van der Waals surface area (Å²) in [4.78, 5) is 26.5. The molecule has 2 aromatic rings. The summed E-state index contributed by atoms with van der Waals surface area (Å²) in [6.07, 6.45) is 1.58. The highest BCUT2D eigenvalue weighted by Gasteiger charge is 2.35. The van der Waals surface area contributed by atoms with E-state index in [1.807, 2.05) is 12.1 Å². The largest absolute Gasteiger partial charge is 0.486 e. The van der Waals surface area contributed by atoms with Crippen molar-refractivity contribution >= 4 is 17.5 Å². The van der Waals surface area contributed by atoms with Crippen LogP contribution in [0.3, 0.4) is 0 Å². The zero-order chi connectivity index (χ0) is 20.2. The molecule has 0 aliphatic carbocycles. The van der Waals surface area contributed by atoms with Gasteiger partial charge in [-0.15, -0.1) is 0 Å². The van der Waals surface area contributed by atoms with E-state index in [4.69, 9.17) is 9.47 Å². The van der Waals surface area contributed by atoms with Gasteiger partial charge in [-0.2, -0.15) is 0 Å².